The molecule has 134 valence electrons. The molecule has 1 fully saturated rings. The van der Waals surface area contributed by atoms with Gasteiger partial charge in [-0.05, 0) is 23.8 Å². The number of hydrogen-bond acceptors (Lipinski definition) is 4. The summed E-state index contributed by atoms with van der Waals surface area (Å²) in [5.74, 6) is 0.0356. The number of amides is 1. The summed E-state index contributed by atoms with van der Waals surface area (Å²) in [6, 6.07) is 13.2. The SMILES string of the molecule is N[C@H](CC1CCCCC1)C(O)C(=O)NNc1cccc2ccccc12. The van der Waals surface area contributed by atoms with E-state index in [1.165, 1.54) is 19.3 Å². The molecule has 5 nitrogen and oxygen atoms in total. The van der Waals surface area contributed by atoms with Crippen LogP contribution in [0.4, 0.5) is 5.69 Å². The van der Waals surface area contributed by atoms with Gasteiger partial charge in [-0.3, -0.25) is 15.6 Å². The molecular formula is C20H27N3O2. The molecule has 1 aliphatic rings. The number of anilines is 1. The van der Waals surface area contributed by atoms with Crippen LogP contribution >= 0.6 is 0 Å². The van der Waals surface area contributed by atoms with Crippen molar-refractivity contribution < 1.29 is 9.90 Å². The van der Waals surface area contributed by atoms with Crippen LogP contribution in [-0.2, 0) is 4.79 Å². The average Bonchev–Trinajstić information content (AvgIpc) is 2.66. The van der Waals surface area contributed by atoms with E-state index in [9.17, 15) is 9.90 Å². The number of rotatable bonds is 6. The first-order valence-corrected chi connectivity index (χ1v) is 9.12. The number of nitrogens with two attached hydrogens (primary N) is 1. The Morgan fingerprint density at radius 1 is 1.12 bits per heavy atom. The van der Waals surface area contributed by atoms with Crippen molar-refractivity contribution in [3.8, 4) is 0 Å². The minimum Gasteiger partial charge on any atom is -0.382 e. The summed E-state index contributed by atoms with van der Waals surface area (Å²) in [5, 5.41) is 12.3. The van der Waals surface area contributed by atoms with Gasteiger partial charge in [-0.15, -0.1) is 0 Å². The van der Waals surface area contributed by atoms with Crippen molar-refractivity contribution in [2.45, 2.75) is 50.7 Å². The third-order valence-electron chi connectivity index (χ3n) is 5.11. The van der Waals surface area contributed by atoms with E-state index in [2.05, 4.69) is 10.9 Å². The highest BCUT2D eigenvalue weighted by Crippen LogP contribution is 2.27. The van der Waals surface area contributed by atoms with Gasteiger partial charge in [0.1, 0.15) is 6.10 Å². The lowest BCUT2D eigenvalue weighted by Crippen LogP contribution is -2.48. The molecule has 0 heterocycles. The Labute approximate surface area is 148 Å². The lowest BCUT2D eigenvalue weighted by atomic mass is 9.84. The molecule has 0 aromatic heterocycles. The Morgan fingerprint density at radius 2 is 1.84 bits per heavy atom. The quantitative estimate of drug-likeness (QED) is 0.608. The van der Waals surface area contributed by atoms with Gasteiger partial charge in [0.15, 0.2) is 0 Å². The van der Waals surface area contributed by atoms with Gasteiger partial charge in [0.25, 0.3) is 5.91 Å². The highest BCUT2D eigenvalue weighted by molar-refractivity contribution is 5.94. The molecule has 2 aromatic rings. The van der Waals surface area contributed by atoms with Gasteiger partial charge in [0.05, 0.1) is 5.69 Å². The number of fused-ring (bicyclic) bond motifs is 1. The molecule has 3 rings (SSSR count). The third kappa shape index (κ3) is 4.50. The highest BCUT2D eigenvalue weighted by atomic mass is 16.3. The molecule has 1 saturated carbocycles. The van der Waals surface area contributed by atoms with Crippen LogP contribution in [0.5, 0.6) is 0 Å². The van der Waals surface area contributed by atoms with Gasteiger partial charge >= 0.3 is 0 Å². The summed E-state index contributed by atoms with van der Waals surface area (Å²) in [6.45, 7) is 0. The number of hydrogen-bond donors (Lipinski definition) is 4. The summed E-state index contributed by atoms with van der Waals surface area (Å²) in [7, 11) is 0. The number of benzene rings is 2. The average molecular weight is 341 g/mol. The molecule has 25 heavy (non-hydrogen) atoms. The topological polar surface area (TPSA) is 87.4 Å². The molecule has 1 aliphatic carbocycles. The molecule has 0 spiro atoms. The van der Waals surface area contributed by atoms with Gasteiger partial charge in [-0.2, -0.15) is 0 Å². The van der Waals surface area contributed by atoms with Gasteiger partial charge in [-0.25, -0.2) is 0 Å². The molecule has 1 amide bonds. The van der Waals surface area contributed by atoms with E-state index in [4.69, 9.17) is 5.73 Å². The minimum absolute atomic E-state index is 0.490. The van der Waals surface area contributed by atoms with Crippen molar-refractivity contribution in [2.24, 2.45) is 11.7 Å². The number of nitrogens with one attached hydrogen (secondary N) is 2. The van der Waals surface area contributed by atoms with Crippen LogP contribution in [0.1, 0.15) is 38.5 Å². The standard InChI is InChI=1S/C20H27N3O2/c21-17(13-14-7-2-1-3-8-14)19(24)20(25)23-22-18-12-6-10-15-9-4-5-11-16(15)18/h4-6,9-12,14,17,19,22,24H,1-3,7-8,13,21H2,(H,23,25)/t17-,19?/m1/s1. The van der Waals surface area contributed by atoms with Crippen molar-refractivity contribution in [3.05, 3.63) is 42.5 Å². The molecule has 5 heteroatoms. The van der Waals surface area contributed by atoms with Crippen LogP contribution < -0.4 is 16.6 Å². The zero-order valence-corrected chi connectivity index (χ0v) is 14.4. The van der Waals surface area contributed by atoms with E-state index in [-0.39, 0.29) is 0 Å². The van der Waals surface area contributed by atoms with E-state index in [0.717, 1.165) is 29.3 Å². The maximum absolute atomic E-state index is 12.2. The van der Waals surface area contributed by atoms with Crippen LogP contribution in [0.2, 0.25) is 0 Å². The fourth-order valence-electron chi connectivity index (χ4n) is 3.67. The van der Waals surface area contributed by atoms with E-state index in [1.54, 1.807) is 0 Å². The summed E-state index contributed by atoms with van der Waals surface area (Å²) < 4.78 is 0. The summed E-state index contributed by atoms with van der Waals surface area (Å²) in [6.07, 6.45) is 5.52. The van der Waals surface area contributed by atoms with Crippen molar-refractivity contribution in [3.63, 3.8) is 0 Å². The normalized spacial score (nSPS) is 17.8. The first kappa shape index (κ1) is 17.7. The monoisotopic (exact) mass is 341 g/mol. The zero-order chi connectivity index (χ0) is 17.6. The summed E-state index contributed by atoms with van der Waals surface area (Å²) in [4.78, 5) is 12.2. The second kappa shape index (κ2) is 8.32. The van der Waals surface area contributed by atoms with Crippen LogP contribution in [0.15, 0.2) is 42.5 Å². The van der Waals surface area contributed by atoms with E-state index < -0.39 is 18.1 Å². The Morgan fingerprint density at radius 3 is 2.64 bits per heavy atom. The summed E-state index contributed by atoms with van der Waals surface area (Å²) >= 11 is 0. The van der Waals surface area contributed by atoms with Crippen LogP contribution in [-0.4, -0.2) is 23.2 Å². The van der Waals surface area contributed by atoms with E-state index in [0.29, 0.717) is 12.3 Å². The lowest BCUT2D eigenvalue weighted by molar-refractivity contribution is -0.130. The van der Waals surface area contributed by atoms with Crippen molar-refractivity contribution >= 4 is 22.4 Å². The number of carbonyl (C=O) groups is 1. The van der Waals surface area contributed by atoms with Gasteiger partial charge in [-0.1, -0.05) is 68.5 Å². The molecule has 2 aromatic carbocycles. The predicted octanol–water partition coefficient (Wildman–Crippen LogP) is 2.94. The van der Waals surface area contributed by atoms with Gasteiger partial charge in [0, 0.05) is 11.4 Å². The molecule has 1 unspecified atom stereocenters. The van der Waals surface area contributed by atoms with Gasteiger partial charge in [0.2, 0.25) is 0 Å². The number of aliphatic hydroxyl groups is 1. The first-order valence-electron chi connectivity index (χ1n) is 9.12. The number of hydrazine groups is 1. The molecule has 0 radical (unpaired) electrons. The van der Waals surface area contributed by atoms with Crippen molar-refractivity contribution in [1.29, 1.82) is 0 Å². The second-order valence-corrected chi connectivity index (χ2v) is 6.99. The fraction of sp³-hybridized carbons (Fsp3) is 0.450. The fourth-order valence-corrected chi connectivity index (χ4v) is 3.67. The molecule has 5 N–H and O–H groups in total. The molecular weight excluding hydrogens is 314 g/mol. The Balaban J connectivity index is 1.55. The summed E-state index contributed by atoms with van der Waals surface area (Å²) in [5.41, 5.74) is 12.4. The Kier molecular flexibility index (Phi) is 5.89. The van der Waals surface area contributed by atoms with Crippen LogP contribution in [0.25, 0.3) is 10.8 Å². The smallest absolute Gasteiger partial charge is 0.268 e. The van der Waals surface area contributed by atoms with E-state index in [1.807, 2.05) is 42.5 Å². The lowest BCUT2D eigenvalue weighted by Gasteiger charge is -2.26. The highest BCUT2D eigenvalue weighted by Gasteiger charge is 2.26. The number of carbonyl (C=O) groups excluding carboxylic acids is 1. The minimum atomic E-state index is -1.20. The Hall–Kier alpha value is -2.11. The molecule has 0 bridgehead atoms. The molecule has 2 atom stereocenters. The number of aliphatic hydroxyl groups excluding tert-OH is 1. The van der Waals surface area contributed by atoms with Crippen molar-refractivity contribution in [1.82, 2.24) is 5.43 Å². The molecule has 0 aliphatic heterocycles. The maximum atomic E-state index is 12.2. The van der Waals surface area contributed by atoms with Crippen LogP contribution in [0.3, 0.4) is 0 Å². The predicted molar refractivity (Wildman–Crippen MR) is 101 cm³/mol. The zero-order valence-electron chi connectivity index (χ0n) is 14.4. The first-order chi connectivity index (χ1) is 12.1. The maximum Gasteiger partial charge on any atom is 0.268 e. The largest absolute Gasteiger partial charge is 0.382 e. The van der Waals surface area contributed by atoms with Gasteiger partial charge < -0.3 is 10.8 Å². The van der Waals surface area contributed by atoms with E-state index >= 15 is 0 Å². The van der Waals surface area contributed by atoms with Crippen LogP contribution in [0, 0.1) is 5.92 Å². The molecule has 0 saturated heterocycles. The second-order valence-electron chi connectivity index (χ2n) is 6.99. The Bertz CT molecular complexity index is 708. The third-order valence-corrected chi connectivity index (χ3v) is 5.11. The van der Waals surface area contributed by atoms with Crippen molar-refractivity contribution in [2.75, 3.05) is 5.43 Å².